The van der Waals surface area contributed by atoms with Crippen LogP contribution in [0.15, 0.2) is 131 Å². The van der Waals surface area contributed by atoms with Crippen LogP contribution in [0.2, 0.25) is 0 Å². The topological polar surface area (TPSA) is 144 Å². The highest BCUT2D eigenvalue weighted by Crippen LogP contribution is 2.24. The van der Waals surface area contributed by atoms with Crippen molar-refractivity contribution in [3.63, 3.8) is 0 Å². The van der Waals surface area contributed by atoms with Crippen LogP contribution in [-0.4, -0.2) is 63.2 Å². The molecule has 0 fully saturated rings. The molecule has 0 atom stereocenters. The minimum atomic E-state index is -3.61. The number of halogens is 1. The number of non-ortho nitro benzene ring substituents is 1. The molecule has 0 radical (unpaired) electrons. The summed E-state index contributed by atoms with van der Waals surface area (Å²) in [6, 6.07) is 34.6. The van der Waals surface area contributed by atoms with Crippen LogP contribution in [0.25, 0.3) is 11.3 Å². The zero-order valence-electron chi connectivity index (χ0n) is 27.0. The molecule has 0 N–H and O–H groups in total. The van der Waals surface area contributed by atoms with Gasteiger partial charge in [-0.15, -0.1) is 0 Å². The summed E-state index contributed by atoms with van der Waals surface area (Å²) in [6.07, 6.45) is 2.52. The van der Waals surface area contributed by atoms with E-state index in [-0.39, 0.29) is 22.0 Å². The fourth-order valence-corrected chi connectivity index (χ4v) is 6.64. The Kier molecular flexibility index (Phi) is 13.0. The third kappa shape index (κ3) is 10.9. The SMILES string of the molecule is CN(CCN(C)S(=O)(=O)c1ccccc1)c1nc(CCCc2ccccc2)cc(-c2ccc([N+](=O)[O-])cc2)n1.O=S(=O)(Cl)c1ccccc1. The summed E-state index contributed by atoms with van der Waals surface area (Å²) in [5.41, 5.74) is 3.51. The molecule has 0 amide bonds. The standard InChI is InChI=1S/C29H31N5O4S.C6H5ClO2S/c1-32(20-21-33(2)39(37,38)27-14-7-4-8-15-27)29-30-25(13-9-12-23-10-5-3-6-11-23)22-28(31-29)24-16-18-26(19-17-24)34(35)36;7-10(8,9)6-4-2-1-3-5-6/h3-8,10-11,14-19,22H,9,12-13,20-21H2,1-2H3;1-5H. The number of hydrogen-bond donors (Lipinski definition) is 0. The van der Waals surface area contributed by atoms with E-state index in [1.807, 2.05) is 36.2 Å². The molecule has 0 bridgehead atoms. The van der Waals surface area contributed by atoms with Crippen molar-refractivity contribution < 1.29 is 21.8 Å². The maximum atomic E-state index is 12.9. The molecule has 49 heavy (non-hydrogen) atoms. The van der Waals surface area contributed by atoms with E-state index in [4.69, 9.17) is 20.7 Å². The Morgan fingerprint density at radius 3 is 1.80 bits per heavy atom. The molecule has 5 rings (SSSR count). The van der Waals surface area contributed by atoms with Crippen molar-refractivity contribution in [2.45, 2.75) is 29.1 Å². The first kappa shape index (κ1) is 37.1. The highest BCUT2D eigenvalue weighted by molar-refractivity contribution is 8.13. The third-order valence-corrected chi connectivity index (χ3v) is 10.7. The molecule has 0 saturated heterocycles. The van der Waals surface area contributed by atoms with E-state index in [2.05, 4.69) is 12.1 Å². The van der Waals surface area contributed by atoms with Gasteiger partial charge in [-0.3, -0.25) is 10.1 Å². The van der Waals surface area contributed by atoms with Gasteiger partial charge in [0.15, 0.2) is 0 Å². The predicted octanol–water partition coefficient (Wildman–Crippen LogP) is 6.60. The molecule has 1 heterocycles. The Morgan fingerprint density at radius 2 is 1.27 bits per heavy atom. The van der Waals surface area contributed by atoms with Crippen LogP contribution in [0.4, 0.5) is 11.6 Å². The van der Waals surface area contributed by atoms with Gasteiger partial charge in [0.05, 0.1) is 20.4 Å². The van der Waals surface area contributed by atoms with E-state index in [1.54, 1.807) is 67.7 Å². The van der Waals surface area contributed by atoms with Crippen LogP contribution in [0.5, 0.6) is 0 Å². The van der Waals surface area contributed by atoms with Crippen molar-refractivity contribution in [1.82, 2.24) is 14.3 Å². The van der Waals surface area contributed by atoms with Crippen LogP contribution >= 0.6 is 10.7 Å². The molecule has 0 unspecified atom stereocenters. The average Bonchev–Trinajstić information content (AvgIpc) is 3.11. The molecule has 256 valence electrons. The second-order valence-corrected chi connectivity index (χ2v) is 15.6. The number of rotatable bonds is 13. The average molecular weight is 722 g/mol. The number of sulfonamides is 1. The first-order valence-electron chi connectivity index (χ1n) is 15.2. The minimum absolute atomic E-state index is 0.0101. The zero-order chi connectivity index (χ0) is 35.4. The van der Waals surface area contributed by atoms with Crippen molar-refractivity contribution in [3.8, 4) is 11.3 Å². The lowest BCUT2D eigenvalue weighted by Crippen LogP contribution is -2.35. The number of aryl methyl sites for hydroxylation is 2. The van der Waals surface area contributed by atoms with Crippen molar-refractivity contribution in [2.75, 3.05) is 32.1 Å². The van der Waals surface area contributed by atoms with Gasteiger partial charge in [-0.05, 0) is 67.3 Å². The number of benzene rings is 4. The van der Waals surface area contributed by atoms with Crippen LogP contribution in [0.3, 0.4) is 0 Å². The lowest BCUT2D eigenvalue weighted by atomic mass is 10.1. The maximum absolute atomic E-state index is 12.9. The Hall–Kier alpha value is -4.69. The minimum Gasteiger partial charge on any atom is -0.343 e. The van der Waals surface area contributed by atoms with Crippen molar-refractivity contribution in [2.24, 2.45) is 0 Å². The normalized spacial score (nSPS) is 11.4. The monoisotopic (exact) mass is 721 g/mol. The van der Waals surface area contributed by atoms with Gasteiger partial charge in [0.1, 0.15) is 0 Å². The summed E-state index contributed by atoms with van der Waals surface area (Å²) in [6.45, 7) is 0.609. The number of nitro benzene ring substituents is 1. The molecule has 0 aliphatic rings. The summed E-state index contributed by atoms with van der Waals surface area (Å²) >= 11 is 0. The van der Waals surface area contributed by atoms with Crippen molar-refractivity contribution in [3.05, 3.63) is 143 Å². The number of nitrogens with zero attached hydrogens (tertiary/aromatic N) is 5. The summed E-state index contributed by atoms with van der Waals surface area (Å²) in [7, 11) is 1.27. The number of nitro groups is 1. The molecule has 0 spiro atoms. The summed E-state index contributed by atoms with van der Waals surface area (Å²) in [5.74, 6) is 0.464. The number of hydrogen-bond acceptors (Lipinski definition) is 9. The smallest absolute Gasteiger partial charge is 0.269 e. The number of anilines is 1. The molecular formula is C35H36ClN5O6S2. The van der Waals surface area contributed by atoms with Crippen LogP contribution in [0, 0.1) is 10.1 Å². The first-order chi connectivity index (χ1) is 23.3. The molecule has 4 aromatic carbocycles. The van der Waals surface area contributed by atoms with E-state index in [0.29, 0.717) is 18.2 Å². The van der Waals surface area contributed by atoms with Crippen LogP contribution in [0.1, 0.15) is 17.7 Å². The van der Waals surface area contributed by atoms with Gasteiger partial charge in [0.2, 0.25) is 16.0 Å². The quantitative estimate of drug-likeness (QED) is 0.0746. The maximum Gasteiger partial charge on any atom is 0.269 e. The van der Waals surface area contributed by atoms with Crippen LogP contribution < -0.4 is 4.90 Å². The molecular weight excluding hydrogens is 686 g/mol. The second kappa shape index (κ2) is 17.1. The molecule has 11 nitrogen and oxygen atoms in total. The zero-order valence-corrected chi connectivity index (χ0v) is 29.4. The van der Waals surface area contributed by atoms with Gasteiger partial charge in [-0.25, -0.2) is 26.8 Å². The van der Waals surface area contributed by atoms with Gasteiger partial charge in [-0.1, -0.05) is 66.7 Å². The van der Waals surface area contributed by atoms with E-state index in [1.165, 1.54) is 34.1 Å². The lowest BCUT2D eigenvalue weighted by molar-refractivity contribution is -0.384. The predicted molar refractivity (Wildman–Crippen MR) is 192 cm³/mol. The molecule has 0 aliphatic carbocycles. The lowest BCUT2D eigenvalue weighted by Gasteiger charge is -2.23. The fourth-order valence-electron chi connectivity index (χ4n) is 4.67. The van der Waals surface area contributed by atoms with E-state index >= 15 is 0 Å². The molecule has 0 aliphatic heterocycles. The summed E-state index contributed by atoms with van der Waals surface area (Å²) < 4.78 is 48.3. The summed E-state index contributed by atoms with van der Waals surface area (Å²) in [5, 5.41) is 11.1. The first-order valence-corrected chi connectivity index (χ1v) is 19.0. The molecule has 1 aromatic heterocycles. The fraction of sp³-hybridized carbons (Fsp3) is 0.200. The van der Waals surface area contributed by atoms with Gasteiger partial charge >= 0.3 is 0 Å². The Balaban J connectivity index is 0.000000463. The van der Waals surface area contributed by atoms with Gasteiger partial charge in [0.25, 0.3) is 14.7 Å². The Morgan fingerprint density at radius 1 is 0.714 bits per heavy atom. The van der Waals surface area contributed by atoms with E-state index in [9.17, 15) is 26.9 Å². The number of aromatic nitrogens is 2. The molecule has 0 saturated carbocycles. The molecule has 14 heteroatoms. The third-order valence-electron chi connectivity index (χ3n) is 7.45. The van der Waals surface area contributed by atoms with Gasteiger partial charge in [0, 0.05) is 61.3 Å². The highest BCUT2D eigenvalue weighted by atomic mass is 35.7. The van der Waals surface area contributed by atoms with Crippen molar-refractivity contribution in [1.29, 1.82) is 0 Å². The van der Waals surface area contributed by atoms with Gasteiger partial charge < -0.3 is 4.90 Å². The Bertz CT molecular complexity index is 2040. The highest BCUT2D eigenvalue weighted by Gasteiger charge is 2.21. The second-order valence-electron chi connectivity index (χ2n) is 11.0. The Labute approximate surface area is 291 Å². The summed E-state index contributed by atoms with van der Waals surface area (Å²) in [4.78, 5) is 22.4. The van der Waals surface area contributed by atoms with Crippen LogP contribution in [-0.2, 0) is 31.9 Å². The van der Waals surface area contributed by atoms with E-state index < -0.39 is 24.0 Å². The van der Waals surface area contributed by atoms with Gasteiger partial charge in [-0.2, -0.15) is 4.31 Å². The van der Waals surface area contributed by atoms with Crippen molar-refractivity contribution >= 4 is 41.4 Å². The van der Waals surface area contributed by atoms with E-state index in [0.717, 1.165) is 30.5 Å². The molecule has 5 aromatic rings. The number of likely N-dealkylation sites (N-methyl/N-ethyl adjacent to an activating group) is 2. The largest absolute Gasteiger partial charge is 0.343 e.